The summed E-state index contributed by atoms with van der Waals surface area (Å²) in [5.74, 6) is -0.356. The van der Waals surface area contributed by atoms with Crippen LogP contribution in [0.4, 0.5) is 0 Å². The van der Waals surface area contributed by atoms with Gasteiger partial charge in [-0.3, -0.25) is 4.79 Å². The topological polar surface area (TPSA) is 69.1 Å². The SMILES string of the molecule is NC(=O)C1=C(N)CCC1. The second-order valence-corrected chi connectivity index (χ2v) is 2.22. The van der Waals surface area contributed by atoms with Gasteiger partial charge in [-0.1, -0.05) is 0 Å². The predicted molar refractivity (Wildman–Crippen MR) is 34.3 cm³/mol. The Bertz CT molecular complexity index is 172. The quantitative estimate of drug-likeness (QED) is 0.513. The van der Waals surface area contributed by atoms with Gasteiger partial charge in [0.1, 0.15) is 0 Å². The van der Waals surface area contributed by atoms with Gasteiger partial charge in [-0.15, -0.1) is 0 Å². The molecule has 4 N–H and O–H groups in total. The minimum Gasteiger partial charge on any atom is -0.402 e. The van der Waals surface area contributed by atoms with Crippen LogP contribution in [0.1, 0.15) is 19.3 Å². The minimum atomic E-state index is -0.356. The first-order valence-corrected chi connectivity index (χ1v) is 2.99. The number of nitrogens with two attached hydrogens (primary N) is 2. The lowest BCUT2D eigenvalue weighted by atomic mass is 10.2. The molecule has 0 atom stereocenters. The maximum atomic E-state index is 10.5. The van der Waals surface area contributed by atoms with Gasteiger partial charge in [-0.25, -0.2) is 0 Å². The second-order valence-electron chi connectivity index (χ2n) is 2.22. The summed E-state index contributed by atoms with van der Waals surface area (Å²) in [6.45, 7) is 0. The molecule has 0 heterocycles. The van der Waals surface area contributed by atoms with Crippen molar-refractivity contribution in [1.82, 2.24) is 0 Å². The lowest BCUT2D eigenvalue weighted by Crippen LogP contribution is -2.15. The molecule has 0 saturated heterocycles. The molecule has 0 saturated carbocycles. The number of amides is 1. The van der Waals surface area contributed by atoms with Crippen molar-refractivity contribution in [3.63, 3.8) is 0 Å². The van der Waals surface area contributed by atoms with E-state index >= 15 is 0 Å². The van der Waals surface area contributed by atoms with Crippen LogP contribution in [0.5, 0.6) is 0 Å². The van der Waals surface area contributed by atoms with Crippen molar-refractivity contribution < 1.29 is 4.79 Å². The zero-order chi connectivity index (χ0) is 6.85. The van der Waals surface area contributed by atoms with Crippen LogP contribution in [0.2, 0.25) is 0 Å². The first-order chi connectivity index (χ1) is 4.22. The van der Waals surface area contributed by atoms with Gasteiger partial charge in [0.25, 0.3) is 0 Å². The first kappa shape index (κ1) is 6.13. The number of carbonyl (C=O) groups is 1. The zero-order valence-corrected chi connectivity index (χ0v) is 5.18. The van der Waals surface area contributed by atoms with Gasteiger partial charge in [0.15, 0.2) is 0 Å². The summed E-state index contributed by atoms with van der Waals surface area (Å²) in [7, 11) is 0. The molecule has 1 amide bonds. The van der Waals surface area contributed by atoms with Gasteiger partial charge in [0.05, 0.1) is 0 Å². The van der Waals surface area contributed by atoms with Crippen LogP contribution in [0.25, 0.3) is 0 Å². The monoisotopic (exact) mass is 126 g/mol. The van der Waals surface area contributed by atoms with E-state index in [0.29, 0.717) is 11.3 Å². The number of rotatable bonds is 1. The molecule has 1 aliphatic carbocycles. The highest BCUT2D eigenvalue weighted by molar-refractivity contribution is 5.93. The van der Waals surface area contributed by atoms with Crippen molar-refractivity contribution >= 4 is 5.91 Å². The fourth-order valence-corrected chi connectivity index (χ4v) is 1.05. The van der Waals surface area contributed by atoms with E-state index in [4.69, 9.17) is 11.5 Å². The number of hydrogen-bond donors (Lipinski definition) is 2. The largest absolute Gasteiger partial charge is 0.402 e. The highest BCUT2D eigenvalue weighted by Gasteiger charge is 2.15. The normalized spacial score (nSPS) is 18.7. The molecule has 0 spiro atoms. The highest BCUT2D eigenvalue weighted by Crippen LogP contribution is 2.20. The molecular formula is C6H10N2O. The van der Waals surface area contributed by atoms with Gasteiger partial charge < -0.3 is 11.5 Å². The Balaban J connectivity index is 2.78. The Hall–Kier alpha value is -0.990. The van der Waals surface area contributed by atoms with Gasteiger partial charge in [0.2, 0.25) is 5.91 Å². The summed E-state index contributed by atoms with van der Waals surface area (Å²) in [6.07, 6.45) is 2.57. The minimum absolute atomic E-state index is 0.356. The second kappa shape index (κ2) is 2.09. The van der Waals surface area contributed by atoms with Crippen molar-refractivity contribution in [2.45, 2.75) is 19.3 Å². The maximum Gasteiger partial charge on any atom is 0.246 e. The number of primary amides is 1. The Kier molecular flexibility index (Phi) is 1.42. The van der Waals surface area contributed by atoms with Crippen LogP contribution >= 0.6 is 0 Å². The van der Waals surface area contributed by atoms with E-state index in [1.54, 1.807) is 0 Å². The molecule has 50 valence electrons. The van der Waals surface area contributed by atoms with Crippen LogP contribution in [0.3, 0.4) is 0 Å². The maximum absolute atomic E-state index is 10.5. The molecule has 1 aliphatic rings. The molecule has 0 aliphatic heterocycles. The molecule has 0 unspecified atom stereocenters. The van der Waals surface area contributed by atoms with E-state index in [1.807, 2.05) is 0 Å². The van der Waals surface area contributed by atoms with E-state index in [-0.39, 0.29) is 5.91 Å². The summed E-state index contributed by atoms with van der Waals surface area (Å²) in [6, 6.07) is 0. The fourth-order valence-electron chi connectivity index (χ4n) is 1.05. The molecule has 0 aromatic carbocycles. The molecule has 3 nitrogen and oxygen atoms in total. The third kappa shape index (κ3) is 1.04. The van der Waals surface area contributed by atoms with Gasteiger partial charge in [-0.05, 0) is 19.3 Å². The van der Waals surface area contributed by atoms with Crippen molar-refractivity contribution in [1.29, 1.82) is 0 Å². The van der Waals surface area contributed by atoms with Crippen LogP contribution < -0.4 is 11.5 Å². The summed E-state index contributed by atoms with van der Waals surface area (Å²) < 4.78 is 0. The van der Waals surface area contributed by atoms with E-state index in [1.165, 1.54) is 0 Å². The van der Waals surface area contributed by atoms with Crippen molar-refractivity contribution in [3.05, 3.63) is 11.3 Å². The highest BCUT2D eigenvalue weighted by atomic mass is 16.1. The third-order valence-electron chi connectivity index (χ3n) is 1.56. The number of carbonyl (C=O) groups excluding carboxylic acids is 1. The molecule has 1 rings (SSSR count). The number of allylic oxidation sites excluding steroid dienone is 1. The molecule has 0 fully saturated rings. The summed E-state index contributed by atoms with van der Waals surface area (Å²) >= 11 is 0. The fraction of sp³-hybridized carbons (Fsp3) is 0.500. The van der Waals surface area contributed by atoms with E-state index in [2.05, 4.69) is 0 Å². The predicted octanol–water partition coefficient (Wildman–Crippen LogP) is -0.132. The molecular weight excluding hydrogens is 116 g/mol. The molecule has 3 heteroatoms. The van der Waals surface area contributed by atoms with E-state index in [0.717, 1.165) is 19.3 Å². The van der Waals surface area contributed by atoms with Crippen LogP contribution in [-0.2, 0) is 4.79 Å². The van der Waals surface area contributed by atoms with E-state index in [9.17, 15) is 4.79 Å². The first-order valence-electron chi connectivity index (χ1n) is 2.99. The number of hydrogen-bond acceptors (Lipinski definition) is 2. The lowest BCUT2D eigenvalue weighted by molar-refractivity contribution is -0.114. The Morgan fingerprint density at radius 1 is 1.44 bits per heavy atom. The Morgan fingerprint density at radius 3 is 2.33 bits per heavy atom. The summed E-state index contributed by atoms with van der Waals surface area (Å²) in [4.78, 5) is 10.5. The average Bonchev–Trinajstić information content (AvgIpc) is 2.13. The van der Waals surface area contributed by atoms with E-state index < -0.39 is 0 Å². The molecule has 0 bridgehead atoms. The molecule has 0 aromatic rings. The summed E-state index contributed by atoms with van der Waals surface area (Å²) in [5, 5.41) is 0. The zero-order valence-electron chi connectivity index (χ0n) is 5.18. The van der Waals surface area contributed by atoms with Crippen LogP contribution in [0.15, 0.2) is 11.3 Å². The van der Waals surface area contributed by atoms with Gasteiger partial charge >= 0.3 is 0 Å². The molecule has 9 heavy (non-hydrogen) atoms. The summed E-state index contributed by atoms with van der Waals surface area (Å²) in [5.41, 5.74) is 11.8. The molecule has 0 radical (unpaired) electrons. The van der Waals surface area contributed by atoms with Crippen LogP contribution in [0, 0.1) is 0 Å². The lowest BCUT2D eigenvalue weighted by Gasteiger charge is -1.93. The van der Waals surface area contributed by atoms with Crippen molar-refractivity contribution in [2.24, 2.45) is 11.5 Å². The average molecular weight is 126 g/mol. The van der Waals surface area contributed by atoms with Crippen molar-refractivity contribution in [3.8, 4) is 0 Å². The van der Waals surface area contributed by atoms with Crippen molar-refractivity contribution in [2.75, 3.05) is 0 Å². The Labute approximate surface area is 53.7 Å². The Morgan fingerprint density at radius 2 is 2.11 bits per heavy atom. The van der Waals surface area contributed by atoms with Gasteiger partial charge in [0, 0.05) is 11.3 Å². The third-order valence-corrected chi connectivity index (χ3v) is 1.56. The van der Waals surface area contributed by atoms with Crippen LogP contribution in [-0.4, -0.2) is 5.91 Å². The molecule has 0 aromatic heterocycles. The van der Waals surface area contributed by atoms with Gasteiger partial charge in [-0.2, -0.15) is 0 Å². The standard InChI is InChI=1S/C6H10N2O/c7-5-3-1-2-4(5)6(8)9/h1-3,7H2,(H2,8,9). The smallest absolute Gasteiger partial charge is 0.246 e.